The van der Waals surface area contributed by atoms with Crippen molar-refractivity contribution >= 4 is 27.5 Å². The number of carboxylic acid groups (broad SMARTS) is 1. The fraction of sp³-hybridized carbons (Fsp3) is 0. The number of aromatic amines is 1. The monoisotopic (exact) mass is 262 g/mol. The third-order valence-electron chi connectivity index (χ3n) is 2.61. The van der Waals surface area contributed by atoms with E-state index in [2.05, 4.69) is 10.2 Å². The van der Waals surface area contributed by atoms with E-state index >= 15 is 0 Å². The summed E-state index contributed by atoms with van der Waals surface area (Å²) >= 11 is 1.06. The number of fused-ring (bicyclic) bond motifs is 1. The molecule has 3 aromatic rings. The number of aromatic nitrogens is 2. The molecule has 0 saturated heterocycles. The third-order valence-corrected chi connectivity index (χ3v) is 3.62. The first-order valence-corrected chi connectivity index (χ1v) is 5.94. The maximum atomic E-state index is 13.7. The Labute approximate surface area is 105 Å². The van der Waals surface area contributed by atoms with E-state index in [-0.39, 0.29) is 10.7 Å². The Hall–Kier alpha value is -2.21. The summed E-state index contributed by atoms with van der Waals surface area (Å²) in [5.74, 6) is -1.37. The van der Waals surface area contributed by atoms with Gasteiger partial charge in [-0.3, -0.25) is 5.10 Å². The molecular weight excluding hydrogens is 255 g/mol. The van der Waals surface area contributed by atoms with Crippen molar-refractivity contribution in [3.05, 3.63) is 41.0 Å². The van der Waals surface area contributed by atoms with E-state index in [9.17, 15) is 9.18 Å². The minimum atomic E-state index is -1.00. The van der Waals surface area contributed by atoms with E-state index in [4.69, 9.17) is 5.11 Å². The number of benzene rings is 1. The number of hydrogen-bond acceptors (Lipinski definition) is 3. The largest absolute Gasteiger partial charge is 0.477 e. The molecule has 6 heteroatoms. The highest BCUT2D eigenvalue weighted by molar-refractivity contribution is 7.20. The molecular formula is C12H7FN2O2S. The lowest BCUT2D eigenvalue weighted by atomic mass is 10.1. The summed E-state index contributed by atoms with van der Waals surface area (Å²) in [6.07, 6.45) is 0. The van der Waals surface area contributed by atoms with Crippen LogP contribution in [0.3, 0.4) is 0 Å². The van der Waals surface area contributed by atoms with Crippen molar-refractivity contribution in [2.45, 2.75) is 0 Å². The van der Waals surface area contributed by atoms with Crippen LogP contribution < -0.4 is 0 Å². The predicted octanol–water partition coefficient (Wildman–Crippen LogP) is 3.13. The standard InChI is InChI=1S/C12H7FN2O2S/c13-8-4-2-1-3-6(8)10-7-5-9(12(16)17)18-11(7)15-14-10/h1-5H,(H,14,15)(H,16,17). The van der Waals surface area contributed by atoms with Crippen LogP contribution in [0.5, 0.6) is 0 Å². The van der Waals surface area contributed by atoms with E-state index in [0.29, 0.717) is 21.5 Å². The molecule has 2 N–H and O–H groups in total. The maximum Gasteiger partial charge on any atom is 0.345 e. The van der Waals surface area contributed by atoms with Gasteiger partial charge in [-0.15, -0.1) is 11.3 Å². The van der Waals surface area contributed by atoms with Crippen molar-refractivity contribution in [1.29, 1.82) is 0 Å². The molecule has 0 amide bonds. The second-order valence-electron chi connectivity index (χ2n) is 3.71. The lowest BCUT2D eigenvalue weighted by molar-refractivity contribution is 0.0702. The molecule has 1 aromatic carbocycles. The fourth-order valence-corrected chi connectivity index (χ4v) is 2.62. The summed E-state index contributed by atoms with van der Waals surface area (Å²) in [6, 6.07) is 7.80. The summed E-state index contributed by atoms with van der Waals surface area (Å²) in [6.45, 7) is 0. The molecule has 0 saturated carbocycles. The van der Waals surface area contributed by atoms with Gasteiger partial charge in [0.2, 0.25) is 0 Å². The van der Waals surface area contributed by atoms with Gasteiger partial charge in [0.15, 0.2) is 0 Å². The van der Waals surface area contributed by atoms with Gasteiger partial charge in [0.25, 0.3) is 0 Å². The Morgan fingerprint density at radius 2 is 2.17 bits per heavy atom. The minimum absolute atomic E-state index is 0.194. The SMILES string of the molecule is O=C(O)c1cc2c(-c3ccccc3F)[nH]nc2s1. The summed E-state index contributed by atoms with van der Waals surface area (Å²) in [4.78, 5) is 11.6. The Morgan fingerprint density at radius 1 is 1.39 bits per heavy atom. The van der Waals surface area contributed by atoms with E-state index in [0.717, 1.165) is 11.3 Å². The maximum absolute atomic E-state index is 13.7. The first-order valence-electron chi connectivity index (χ1n) is 5.13. The zero-order valence-electron chi connectivity index (χ0n) is 8.98. The van der Waals surface area contributed by atoms with Gasteiger partial charge in [0.05, 0.1) is 5.69 Å². The van der Waals surface area contributed by atoms with Gasteiger partial charge in [0.1, 0.15) is 15.5 Å². The van der Waals surface area contributed by atoms with Crippen molar-refractivity contribution in [2.24, 2.45) is 0 Å². The Morgan fingerprint density at radius 3 is 2.89 bits per heavy atom. The van der Waals surface area contributed by atoms with E-state index in [1.165, 1.54) is 12.1 Å². The normalized spacial score (nSPS) is 10.9. The van der Waals surface area contributed by atoms with Crippen LogP contribution in [-0.4, -0.2) is 21.3 Å². The number of hydrogen-bond donors (Lipinski definition) is 2. The number of nitrogens with one attached hydrogen (secondary N) is 1. The number of H-pyrrole nitrogens is 1. The number of aromatic carboxylic acids is 1. The Balaban J connectivity index is 2.24. The average Bonchev–Trinajstić information content (AvgIpc) is 2.89. The zero-order chi connectivity index (χ0) is 12.7. The number of nitrogens with zero attached hydrogens (tertiary/aromatic N) is 1. The summed E-state index contributed by atoms with van der Waals surface area (Å²) in [7, 11) is 0. The van der Waals surface area contributed by atoms with Crippen molar-refractivity contribution in [3.63, 3.8) is 0 Å². The van der Waals surface area contributed by atoms with Crippen molar-refractivity contribution in [3.8, 4) is 11.3 Å². The molecule has 90 valence electrons. The second-order valence-corrected chi connectivity index (χ2v) is 4.74. The lowest BCUT2D eigenvalue weighted by Crippen LogP contribution is -1.90. The highest BCUT2D eigenvalue weighted by Crippen LogP contribution is 2.33. The predicted molar refractivity (Wildman–Crippen MR) is 66.3 cm³/mol. The van der Waals surface area contributed by atoms with Crippen molar-refractivity contribution in [2.75, 3.05) is 0 Å². The van der Waals surface area contributed by atoms with Crippen LogP contribution in [0.4, 0.5) is 4.39 Å². The molecule has 0 aliphatic rings. The van der Waals surface area contributed by atoms with Gasteiger partial charge in [-0.25, -0.2) is 9.18 Å². The van der Waals surface area contributed by atoms with Crippen LogP contribution in [0, 0.1) is 5.82 Å². The smallest absolute Gasteiger partial charge is 0.345 e. The number of carbonyl (C=O) groups is 1. The van der Waals surface area contributed by atoms with Crippen LogP contribution in [-0.2, 0) is 0 Å². The molecule has 3 rings (SSSR count). The Kier molecular flexibility index (Phi) is 2.38. The molecule has 0 aliphatic carbocycles. The van der Waals surface area contributed by atoms with Gasteiger partial charge in [0, 0.05) is 10.9 Å². The third kappa shape index (κ3) is 1.58. The molecule has 0 spiro atoms. The van der Waals surface area contributed by atoms with Gasteiger partial charge < -0.3 is 5.11 Å². The van der Waals surface area contributed by atoms with Gasteiger partial charge >= 0.3 is 5.97 Å². The molecule has 0 aliphatic heterocycles. The van der Waals surface area contributed by atoms with Crippen LogP contribution in [0.2, 0.25) is 0 Å². The molecule has 0 unspecified atom stereocenters. The minimum Gasteiger partial charge on any atom is -0.477 e. The highest BCUT2D eigenvalue weighted by Gasteiger charge is 2.16. The van der Waals surface area contributed by atoms with Crippen LogP contribution >= 0.6 is 11.3 Å². The van der Waals surface area contributed by atoms with Crippen LogP contribution in [0.15, 0.2) is 30.3 Å². The molecule has 0 bridgehead atoms. The highest BCUT2D eigenvalue weighted by atomic mass is 32.1. The summed E-state index contributed by atoms with van der Waals surface area (Å²) in [5.41, 5.74) is 0.890. The van der Waals surface area contributed by atoms with Crippen molar-refractivity contribution < 1.29 is 14.3 Å². The van der Waals surface area contributed by atoms with E-state index < -0.39 is 5.97 Å². The van der Waals surface area contributed by atoms with Gasteiger partial charge in [-0.05, 0) is 18.2 Å². The zero-order valence-corrected chi connectivity index (χ0v) is 9.79. The van der Waals surface area contributed by atoms with Gasteiger partial charge in [-0.1, -0.05) is 12.1 Å². The molecule has 4 nitrogen and oxygen atoms in total. The molecule has 2 heterocycles. The number of thiophene rings is 1. The van der Waals surface area contributed by atoms with E-state index in [1.54, 1.807) is 18.2 Å². The summed E-state index contributed by atoms with van der Waals surface area (Å²) in [5, 5.41) is 16.3. The molecule has 2 aromatic heterocycles. The first-order chi connectivity index (χ1) is 8.66. The fourth-order valence-electron chi connectivity index (χ4n) is 1.79. The Bertz CT molecular complexity index is 747. The molecule has 0 radical (unpaired) electrons. The number of halogens is 1. The summed E-state index contributed by atoms with van der Waals surface area (Å²) < 4.78 is 13.7. The van der Waals surface area contributed by atoms with Crippen LogP contribution in [0.1, 0.15) is 9.67 Å². The van der Waals surface area contributed by atoms with Crippen LogP contribution in [0.25, 0.3) is 21.5 Å². The molecule has 0 atom stereocenters. The molecule has 0 fully saturated rings. The second kappa shape index (κ2) is 3.92. The number of carboxylic acids is 1. The quantitative estimate of drug-likeness (QED) is 0.745. The lowest BCUT2D eigenvalue weighted by Gasteiger charge is -1.98. The average molecular weight is 262 g/mol. The van der Waals surface area contributed by atoms with Gasteiger partial charge in [-0.2, -0.15) is 5.10 Å². The molecule has 18 heavy (non-hydrogen) atoms. The number of rotatable bonds is 2. The topological polar surface area (TPSA) is 66.0 Å². The van der Waals surface area contributed by atoms with Crippen molar-refractivity contribution in [1.82, 2.24) is 10.2 Å². The first kappa shape index (κ1) is 10.9. The van der Waals surface area contributed by atoms with E-state index in [1.807, 2.05) is 0 Å².